The van der Waals surface area contributed by atoms with Gasteiger partial charge in [0.25, 0.3) is 5.52 Å². The SMILES string of the molecule is O=C(c1ccccc1)P(=O)(O)O.[CH3][Na]. The third-order valence-corrected chi connectivity index (χ3v) is 2.07. The maximum absolute atomic E-state index is 10.9. The second-order valence-corrected chi connectivity index (χ2v) is 3.71. The predicted octanol–water partition coefficient (Wildman–Crippen LogP) is 1.21. The third-order valence-electron chi connectivity index (χ3n) is 1.29. The quantitative estimate of drug-likeness (QED) is 0.584. The summed E-state index contributed by atoms with van der Waals surface area (Å²) < 4.78 is 12.6. The number of hydrogen-bond acceptors (Lipinski definition) is 2. The normalized spacial score (nSPS) is 10.1. The Morgan fingerprint density at radius 3 is 2.00 bits per heavy atom. The van der Waals surface area contributed by atoms with Crippen molar-refractivity contribution in [2.24, 2.45) is 0 Å². The summed E-state index contributed by atoms with van der Waals surface area (Å²) in [4.78, 5) is 27.9. The van der Waals surface area contributed by atoms with E-state index in [1.807, 2.05) is 0 Å². The topological polar surface area (TPSA) is 74.6 Å². The molecule has 0 aliphatic heterocycles. The van der Waals surface area contributed by atoms with E-state index in [1.54, 1.807) is 18.2 Å². The van der Waals surface area contributed by atoms with Gasteiger partial charge < -0.3 is 9.79 Å². The van der Waals surface area contributed by atoms with Crippen molar-refractivity contribution < 1.29 is 19.1 Å². The van der Waals surface area contributed by atoms with Crippen molar-refractivity contribution in [3.05, 3.63) is 35.9 Å². The average Bonchev–Trinajstić information content (AvgIpc) is 2.20. The molecular formula is C8H10NaO4P. The van der Waals surface area contributed by atoms with Crippen LogP contribution >= 0.6 is 7.60 Å². The van der Waals surface area contributed by atoms with E-state index in [1.165, 1.54) is 40.1 Å². The molecule has 1 rings (SSSR count). The van der Waals surface area contributed by atoms with Crippen LogP contribution in [0.15, 0.2) is 30.3 Å². The molecule has 6 heteroatoms. The van der Waals surface area contributed by atoms with Crippen molar-refractivity contribution >= 4 is 41.1 Å². The van der Waals surface area contributed by atoms with E-state index < -0.39 is 13.1 Å². The van der Waals surface area contributed by atoms with Crippen LogP contribution in [-0.4, -0.2) is 43.2 Å². The zero-order valence-electron chi connectivity index (χ0n) is 8.04. The van der Waals surface area contributed by atoms with Crippen LogP contribution in [0, 0.1) is 0 Å². The average molecular weight is 224 g/mol. The van der Waals surface area contributed by atoms with Gasteiger partial charge in [-0.25, -0.2) is 0 Å². The molecule has 0 atom stereocenters. The first-order valence-corrected chi connectivity index (χ1v) is 7.78. The van der Waals surface area contributed by atoms with Crippen molar-refractivity contribution in [3.8, 4) is 0 Å². The van der Waals surface area contributed by atoms with Crippen LogP contribution in [-0.2, 0) is 4.57 Å². The second-order valence-electron chi connectivity index (χ2n) is 2.22. The van der Waals surface area contributed by atoms with E-state index in [9.17, 15) is 9.36 Å². The van der Waals surface area contributed by atoms with Gasteiger partial charge in [0.15, 0.2) is 0 Å². The van der Waals surface area contributed by atoms with Crippen molar-refractivity contribution in [2.45, 2.75) is 4.17 Å². The van der Waals surface area contributed by atoms with E-state index in [4.69, 9.17) is 9.79 Å². The van der Waals surface area contributed by atoms with Crippen LogP contribution < -0.4 is 0 Å². The molecule has 1 aromatic rings. The van der Waals surface area contributed by atoms with Gasteiger partial charge in [0, 0.05) is 5.56 Å². The Balaban J connectivity index is 0.000000791. The van der Waals surface area contributed by atoms with Gasteiger partial charge in [0.2, 0.25) is 0 Å². The van der Waals surface area contributed by atoms with Crippen molar-refractivity contribution in [3.63, 3.8) is 0 Å². The van der Waals surface area contributed by atoms with Crippen LogP contribution in [0.2, 0.25) is 4.17 Å². The standard InChI is InChI=1S/C7H7O4P.CH3.Na/c8-7(12(9,10)11)6-4-2-1-3-5-6;;/h1-5H,(H2,9,10,11);1H3;. The summed E-state index contributed by atoms with van der Waals surface area (Å²) in [7, 11) is -4.62. The summed E-state index contributed by atoms with van der Waals surface area (Å²) in [5.74, 6) is 0. The first-order valence-electron chi connectivity index (χ1n) is 4.17. The minimum atomic E-state index is -4.62. The first kappa shape index (κ1) is 14.0. The molecular weight excluding hydrogens is 214 g/mol. The summed E-state index contributed by atoms with van der Waals surface area (Å²) >= 11 is 1.31. The Labute approximate surface area is 99.9 Å². The van der Waals surface area contributed by atoms with Crippen molar-refractivity contribution in [2.75, 3.05) is 0 Å². The molecule has 4 nitrogen and oxygen atoms in total. The van der Waals surface area contributed by atoms with Crippen LogP contribution in [0.3, 0.4) is 0 Å². The summed E-state index contributed by atoms with van der Waals surface area (Å²) in [6, 6.07) is 7.48. The van der Waals surface area contributed by atoms with Crippen LogP contribution in [0.4, 0.5) is 0 Å². The fourth-order valence-corrected chi connectivity index (χ4v) is 1.23. The summed E-state index contributed by atoms with van der Waals surface area (Å²) in [6.45, 7) is 0. The Hall–Kier alpha value is 0.0400. The van der Waals surface area contributed by atoms with Gasteiger partial charge in [-0.2, -0.15) is 0 Å². The number of benzene rings is 1. The van der Waals surface area contributed by atoms with Crippen molar-refractivity contribution in [1.29, 1.82) is 0 Å². The third kappa shape index (κ3) is 4.51. The van der Waals surface area contributed by atoms with Gasteiger partial charge in [-0.3, -0.25) is 9.36 Å². The zero-order valence-corrected chi connectivity index (χ0v) is 10.9. The van der Waals surface area contributed by atoms with E-state index in [0.29, 0.717) is 0 Å². The second kappa shape index (κ2) is 6.51. The monoisotopic (exact) mass is 224 g/mol. The van der Waals surface area contributed by atoms with Gasteiger partial charge in [-0.05, 0) is 0 Å². The van der Waals surface area contributed by atoms with Crippen LogP contribution in [0.5, 0.6) is 0 Å². The van der Waals surface area contributed by atoms with Crippen LogP contribution in [0.1, 0.15) is 10.4 Å². The molecule has 0 spiro atoms. The fraction of sp³-hybridized carbons (Fsp3) is 0.125. The maximum atomic E-state index is 10.9. The Morgan fingerprint density at radius 2 is 1.64 bits per heavy atom. The number of carbonyl (C=O) groups excluding carboxylic acids is 1. The van der Waals surface area contributed by atoms with Gasteiger partial charge in [-0.1, -0.05) is 30.3 Å². The molecule has 0 bridgehead atoms. The molecule has 0 saturated carbocycles. The molecule has 0 radical (unpaired) electrons. The summed E-state index contributed by atoms with van der Waals surface area (Å²) in [6.07, 6.45) is 0. The van der Waals surface area contributed by atoms with Gasteiger partial charge in [0.05, 0.1) is 0 Å². The van der Waals surface area contributed by atoms with Crippen molar-refractivity contribution in [1.82, 2.24) is 0 Å². The molecule has 0 amide bonds. The number of hydrogen-bond donors (Lipinski definition) is 2. The fourth-order valence-electron chi connectivity index (χ4n) is 0.749. The zero-order chi connectivity index (χ0) is 11.2. The van der Waals surface area contributed by atoms with E-state index in [2.05, 4.69) is 4.17 Å². The molecule has 1 aromatic carbocycles. The summed E-state index contributed by atoms with van der Waals surface area (Å²) in [5.41, 5.74) is -1.10. The Kier molecular flexibility index (Phi) is 6.53. The van der Waals surface area contributed by atoms with E-state index in [0.717, 1.165) is 0 Å². The van der Waals surface area contributed by atoms with Gasteiger partial charge in [-0.15, -0.1) is 0 Å². The first-order chi connectivity index (χ1) is 6.52. The molecule has 2 N–H and O–H groups in total. The molecule has 0 heterocycles. The molecule has 0 unspecified atom stereocenters. The minimum absolute atomic E-state index is 0.0332. The molecule has 0 aromatic heterocycles. The van der Waals surface area contributed by atoms with Crippen LogP contribution in [0.25, 0.3) is 0 Å². The van der Waals surface area contributed by atoms with Gasteiger partial charge >= 0.3 is 39.7 Å². The predicted molar refractivity (Wildman–Crippen MR) is 54.4 cm³/mol. The van der Waals surface area contributed by atoms with Gasteiger partial charge in [0.1, 0.15) is 0 Å². The summed E-state index contributed by atoms with van der Waals surface area (Å²) in [5, 5.41) is 0. The molecule has 0 fully saturated rings. The number of carbonyl (C=O) groups is 1. The Morgan fingerprint density at radius 1 is 1.21 bits per heavy atom. The molecule has 14 heavy (non-hydrogen) atoms. The van der Waals surface area contributed by atoms with E-state index in [-0.39, 0.29) is 5.56 Å². The number of rotatable bonds is 2. The molecule has 0 saturated heterocycles. The Bertz CT molecular complexity index is 332. The molecule has 72 valence electrons. The molecule has 0 aliphatic carbocycles. The van der Waals surface area contributed by atoms with E-state index >= 15 is 0 Å². The molecule has 0 aliphatic rings.